The van der Waals surface area contributed by atoms with Crippen LogP contribution >= 0.6 is 0 Å². The zero-order valence-corrected chi connectivity index (χ0v) is 19.5. The Kier molecular flexibility index (Phi) is 19.9. The molecule has 1 rings (SSSR count). The summed E-state index contributed by atoms with van der Waals surface area (Å²) >= 11 is 0. The van der Waals surface area contributed by atoms with Gasteiger partial charge in [-0.05, 0) is 12.0 Å². The number of unbranched alkanes of at least 4 members (excludes halogenated alkanes) is 15. The molecule has 0 aliphatic heterocycles. The Morgan fingerprint density at radius 3 is 1.40 bits per heavy atom. The summed E-state index contributed by atoms with van der Waals surface area (Å²) in [4.78, 5) is 0. The predicted molar refractivity (Wildman–Crippen MR) is 132 cm³/mol. The Morgan fingerprint density at radius 1 is 0.667 bits per heavy atom. The maximum atomic E-state index is 11.7. The molecule has 1 aromatic carbocycles. The first-order chi connectivity index (χ1) is 14.1. The Balaban J connectivity index is 0.00000841. The van der Waals surface area contributed by atoms with Crippen LogP contribution < -0.4 is 0 Å². The second kappa shape index (κ2) is 19.8. The molecule has 0 amide bonds. The molecule has 0 saturated carbocycles. The molecule has 0 heterocycles. The van der Waals surface area contributed by atoms with E-state index >= 15 is 0 Å². The van der Waals surface area contributed by atoms with Crippen LogP contribution in [0.2, 0.25) is 0 Å². The molecule has 0 aromatic heterocycles. The minimum atomic E-state index is -4.04. The third-order valence-electron chi connectivity index (χ3n) is 5.85. The first-order valence-corrected chi connectivity index (χ1v) is 13.6. The Bertz CT molecular complexity index is 590. The van der Waals surface area contributed by atoms with Gasteiger partial charge >= 0.3 is 29.6 Å². The van der Waals surface area contributed by atoms with Crippen molar-refractivity contribution in [3.63, 3.8) is 0 Å². The van der Waals surface area contributed by atoms with Gasteiger partial charge in [-0.3, -0.25) is 4.55 Å². The van der Waals surface area contributed by atoms with Crippen LogP contribution in [0.3, 0.4) is 0 Å². The summed E-state index contributed by atoms with van der Waals surface area (Å²) in [5.74, 6) is 0. The fourth-order valence-electron chi connectivity index (χ4n) is 4.03. The summed E-state index contributed by atoms with van der Waals surface area (Å²) in [6, 6.07) is 9.07. The van der Waals surface area contributed by atoms with Crippen molar-refractivity contribution in [2.24, 2.45) is 0 Å². The van der Waals surface area contributed by atoms with Crippen LogP contribution in [-0.4, -0.2) is 42.5 Å². The van der Waals surface area contributed by atoms with E-state index < -0.39 is 15.4 Å². The normalized spacial score (nSPS) is 12.5. The zero-order chi connectivity index (χ0) is 21.2. The summed E-state index contributed by atoms with van der Waals surface area (Å²) in [6.45, 7) is 2.27. The van der Waals surface area contributed by atoms with Crippen molar-refractivity contribution >= 4 is 39.7 Å². The first kappa shape index (κ1) is 30.1. The van der Waals surface area contributed by atoms with Crippen LogP contribution in [0.5, 0.6) is 0 Å². The third kappa shape index (κ3) is 15.9. The van der Waals surface area contributed by atoms with E-state index in [-0.39, 0.29) is 29.6 Å². The van der Waals surface area contributed by atoms with Crippen LogP contribution in [0.1, 0.15) is 127 Å². The quantitative estimate of drug-likeness (QED) is 0.134. The average molecular weight is 449 g/mol. The van der Waals surface area contributed by atoms with E-state index in [1.807, 2.05) is 18.2 Å². The van der Waals surface area contributed by atoms with E-state index in [0.29, 0.717) is 12.0 Å². The van der Waals surface area contributed by atoms with Gasteiger partial charge in [0.25, 0.3) is 10.1 Å². The summed E-state index contributed by atoms with van der Waals surface area (Å²) in [6.07, 6.45) is 21.3. The number of hydrogen-bond donors (Lipinski definition) is 1. The van der Waals surface area contributed by atoms with E-state index in [0.717, 1.165) is 19.3 Å². The van der Waals surface area contributed by atoms with Gasteiger partial charge in [0, 0.05) is 0 Å². The monoisotopic (exact) mass is 448 g/mol. The van der Waals surface area contributed by atoms with Crippen LogP contribution in [0.4, 0.5) is 0 Å². The number of hydrogen-bond acceptors (Lipinski definition) is 2. The molecule has 1 atom stereocenters. The summed E-state index contributed by atoms with van der Waals surface area (Å²) in [5.41, 5.74) is 0.691. The molecule has 0 radical (unpaired) electrons. The molecule has 170 valence electrons. The molecule has 0 bridgehead atoms. The van der Waals surface area contributed by atoms with Crippen molar-refractivity contribution in [2.75, 3.05) is 0 Å². The fourth-order valence-corrected chi connectivity index (χ4v) is 5.00. The van der Waals surface area contributed by atoms with Gasteiger partial charge in [-0.1, -0.05) is 140 Å². The van der Waals surface area contributed by atoms with E-state index in [9.17, 15) is 13.0 Å². The molecule has 1 N–H and O–H groups in total. The van der Waals surface area contributed by atoms with Gasteiger partial charge in [-0.15, -0.1) is 0 Å². The second-order valence-electron chi connectivity index (χ2n) is 8.51. The van der Waals surface area contributed by atoms with Crippen molar-refractivity contribution in [1.82, 2.24) is 0 Å². The second-order valence-corrected chi connectivity index (χ2v) is 10.1. The Hall–Kier alpha value is 0.130. The van der Waals surface area contributed by atoms with E-state index in [2.05, 4.69) is 6.92 Å². The van der Waals surface area contributed by atoms with Gasteiger partial charge in [-0.2, -0.15) is 8.42 Å². The molecule has 1 unspecified atom stereocenters. The van der Waals surface area contributed by atoms with E-state index in [4.69, 9.17) is 0 Å². The molecular weight excluding hydrogens is 403 g/mol. The summed E-state index contributed by atoms with van der Waals surface area (Å²) in [7, 11) is -4.04. The molecular formula is C25H45NaO3S. The molecule has 0 aliphatic rings. The summed E-state index contributed by atoms with van der Waals surface area (Å²) < 4.78 is 32.9. The van der Waals surface area contributed by atoms with E-state index in [1.165, 1.54) is 83.5 Å². The molecule has 1 aromatic rings. The van der Waals surface area contributed by atoms with Gasteiger partial charge in [0.2, 0.25) is 0 Å². The molecule has 30 heavy (non-hydrogen) atoms. The Labute approximate surface area is 208 Å². The van der Waals surface area contributed by atoms with Crippen molar-refractivity contribution in [2.45, 2.75) is 121 Å². The van der Waals surface area contributed by atoms with Crippen molar-refractivity contribution in [3.05, 3.63) is 35.9 Å². The SMILES string of the molecule is CCCCCCCCCCCCCCCCCCC(c1ccccc1)S(=O)(=O)O.[NaH]. The van der Waals surface area contributed by atoms with Gasteiger partial charge in [-0.25, -0.2) is 0 Å². The van der Waals surface area contributed by atoms with Gasteiger partial charge < -0.3 is 0 Å². The number of rotatable bonds is 19. The van der Waals surface area contributed by atoms with Crippen molar-refractivity contribution in [3.8, 4) is 0 Å². The maximum absolute atomic E-state index is 11.7. The molecule has 0 aliphatic carbocycles. The van der Waals surface area contributed by atoms with Crippen LogP contribution in [0, 0.1) is 0 Å². The number of benzene rings is 1. The van der Waals surface area contributed by atoms with Crippen LogP contribution in [0.25, 0.3) is 0 Å². The van der Waals surface area contributed by atoms with Crippen molar-refractivity contribution in [1.29, 1.82) is 0 Å². The summed E-state index contributed by atoms with van der Waals surface area (Å²) in [5, 5.41) is -0.782. The van der Waals surface area contributed by atoms with E-state index in [1.54, 1.807) is 12.1 Å². The molecule has 0 spiro atoms. The fraction of sp³-hybridized carbons (Fsp3) is 0.760. The molecule has 0 fully saturated rings. The first-order valence-electron chi connectivity index (χ1n) is 12.1. The zero-order valence-electron chi connectivity index (χ0n) is 18.7. The molecule has 3 nitrogen and oxygen atoms in total. The minimum absolute atomic E-state index is 0. The van der Waals surface area contributed by atoms with Gasteiger partial charge in [0.15, 0.2) is 0 Å². The van der Waals surface area contributed by atoms with Crippen molar-refractivity contribution < 1.29 is 13.0 Å². The van der Waals surface area contributed by atoms with Crippen LogP contribution in [0.15, 0.2) is 30.3 Å². The standard InChI is InChI=1S/C25H44O3S.Na.H/c1-2-3-4-5-6-7-8-9-10-11-12-13-14-15-16-20-23-25(29(26,27)28)24-21-18-17-19-22-24;;/h17-19,21-22,25H,2-16,20,23H2,1H3,(H,26,27,28);;. The molecule has 0 saturated heterocycles. The van der Waals surface area contributed by atoms with Gasteiger partial charge in [0.05, 0.1) is 0 Å². The van der Waals surface area contributed by atoms with Gasteiger partial charge in [0.1, 0.15) is 5.25 Å². The molecule has 5 heteroatoms. The predicted octanol–water partition coefficient (Wildman–Crippen LogP) is 7.62. The average Bonchev–Trinajstić information content (AvgIpc) is 2.70. The van der Waals surface area contributed by atoms with Crippen LogP contribution in [-0.2, 0) is 10.1 Å². The third-order valence-corrected chi connectivity index (χ3v) is 7.08. The Morgan fingerprint density at radius 2 is 1.03 bits per heavy atom. The topological polar surface area (TPSA) is 54.4 Å².